The summed E-state index contributed by atoms with van der Waals surface area (Å²) in [5, 5.41) is 4.56. The second-order valence-corrected chi connectivity index (χ2v) is 15.7. The van der Waals surface area contributed by atoms with Crippen molar-refractivity contribution in [2.24, 2.45) is 0 Å². The van der Waals surface area contributed by atoms with Crippen LogP contribution in [-0.2, 0) is 0 Å². The Morgan fingerprint density at radius 3 is 1.32 bits per heavy atom. The molecule has 0 saturated carbocycles. The molecule has 5 heteroatoms. The Morgan fingerprint density at radius 2 is 0.710 bits per heavy atom. The van der Waals surface area contributed by atoms with Crippen LogP contribution in [0.4, 0.5) is 0 Å². The smallest absolute Gasteiger partial charge is 0.238 e. The lowest BCUT2D eigenvalue weighted by Crippen LogP contribution is -2.06. The predicted molar refractivity (Wildman–Crippen MR) is 256 cm³/mol. The first-order chi connectivity index (χ1) is 30.7. The van der Waals surface area contributed by atoms with Crippen LogP contribution in [-0.4, -0.2) is 24.1 Å². The van der Waals surface area contributed by atoms with Crippen molar-refractivity contribution in [3.8, 4) is 67.8 Å². The molecule has 12 aromatic rings. The summed E-state index contributed by atoms with van der Waals surface area (Å²) in [6, 6.07) is 79.4. The minimum Gasteiger partial charge on any atom is -0.309 e. The molecule has 3 heterocycles. The lowest BCUT2D eigenvalue weighted by atomic mass is 9.97. The molecule has 0 unspecified atom stereocenters. The average molecular weight is 792 g/mol. The van der Waals surface area contributed by atoms with Gasteiger partial charge in [0.25, 0.3) is 0 Å². The molecule has 0 fully saturated rings. The Bertz CT molecular complexity index is 3610. The van der Waals surface area contributed by atoms with Gasteiger partial charge in [0.1, 0.15) is 0 Å². The minimum atomic E-state index is 0.566. The van der Waals surface area contributed by atoms with E-state index in [2.05, 4.69) is 209 Å². The quantitative estimate of drug-likeness (QED) is 0.162. The van der Waals surface area contributed by atoms with Crippen molar-refractivity contribution in [2.45, 2.75) is 0 Å². The summed E-state index contributed by atoms with van der Waals surface area (Å²) in [4.78, 5) is 15.7. The van der Waals surface area contributed by atoms with Crippen molar-refractivity contribution in [2.75, 3.05) is 0 Å². The van der Waals surface area contributed by atoms with Gasteiger partial charge in [0, 0.05) is 38.2 Å². The highest BCUT2D eigenvalue weighted by Gasteiger charge is 2.22. The maximum atomic E-state index is 5.32. The molecule has 5 nitrogen and oxygen atoms in total. The zero-order valence-electron chi connectivity index (χ0n) is 33.6. The lowest BCUT2D eigenvalue weighted by Gasteiger charge is -2.16. The highest BCUT2D eigenvalue weighted by atomic mass is 15.2. The molecule has 0 aliphatic heterocycles. The summed E-state index contributed by atoms with van der Waals surface area (Å²) in [6.45, 7) is 0. The Labute approximate surface area is 358 Å². The zero-order chi connectivity index (χ0) is 41.0. The van der Waals surface area contributed by atoms with Crippen molar-refractivity contribution in [3.05, 3.63) is 224 Å². The van der Waals surface area contributed by atoms with Crippen LogP contribution in [0.5, 0.6) is 0 Å². The first-order valence-electron chi connectivity index (χ1n) is 20.9. The second-order valence-electron chi connectivity index (χ2n) is 15.7. The molecule has 0 aliphatic rings. The molecule has 0 spiro atoms. The summed E-state index contributed by atoms with van der Waals surface area (Å²) < 4.78 is 4.67. The molecule has 0 radical (unpaired) electrons. The fourth-order valence-corrected chi connectivity index (χ4v) is 9.07. The van der Waals surface area contributed by atoms with Crippen molar-refractivity contribution < 1.29 is 0 Å². The zero-order valence-corrected chi connectivity index (χ0v) is 33.6. The van der Waals surface area contributed by atoms with Gasteiger partial charge < -0.3 is 4.57 Å². The molecule has 0 atom stereocenters. The van der Waals surface area contributed by atoms with Gasteiger partial charge in [-0.1, -0.05) is 182 Å². The van der Waals surface area contributed by atoms with Gasteiger partial charge in [-0.2, -0.15) is 9.97 Å². The van der Waals surface area contributed by atoms with E-state index in [0.29, 0.717) is 17.6 Å². The van der Waals surface area contributed by atoms with Crippen LogP contribution >= 0.6 is 0 Å². The minimum absolute atomic E-state index is 0.566. The second kappa shape index (κ2) is 14.7. The van der Waals surface area contributed by atoms with E-state index in [1.54, 1.807) is 0 Å². The van der Waals surface area contributed by atoms with Crippen molar-refractivity contribution in [1.82, 2.24) is 24.1 Å². The third kappa shape index (κ3) is 5.98. The largest absolute Gasteiger partial charge is 0.309 e. The maximum absolute atomic E-state index is 5.32. The first kappa shape index (κ1) is 35.5. The molecule has 0 aliphatic carbocycles. The molecule has 0 saturated heterocycles. The fraction of sp³-hybridized carbons (Fsp3) is 0. The first-order valence-corrected chi connectivity index (χ1v) is 20.9. The molecule has 62 heavy (non-hydrogen) atoms. The van der Waals surface area contributed by atoms with Crippen molar-refractivity contribution in [3.63, 3.8) is 0 Å². The summed E-state index contributed by atoms with van der Waals surface area (Å²) in [5.74, 6) is 1.80. The maximum Gasteiger partial charge on any atom is 0.238 e. The highest BCUT2D eigenvalue weighted by molar-refractivity contribution is 6.19. The number of para-hydroxylation sites is 2. The number of nitrogens with zero attached hydrogens (tertiary/aromatic N) is 5. The number of benzene rings is 9. The Balaban J connectivity index is 1.12. The van der Waals surface area contributed by atoms with Crippen LogP contribution in [0.15, 0.2) is 224 Å². The molecular weight excluding hydrogens is 755 g/mol. The standard InChI is InChI=1S/C57H37N5/c1-5-18-38(19-6-1)42-26-17-27-44(34-42)56-58-55(41-24-11-4-12-25-41)59-57(60-56)62-51-31-16-14-29-46(51)49-36-53-48(37-54(49)62)45-28-13-15-30-50(45)61(53)52-33-32-43(39-20-7-2-8-21-39)35-47(52)40-22-9-3-10-23-40/h1-37H. The Kier molecular flexibility index (Phi) is 8.42. The predicted octanol–water partition coefficient (Wildman–Crippen LogP) is 14.4. The van der Waals surface area contributed by atoms with Crippen LogP contribution in [0.2, 0.25) is 0 Å². The molecule has 290 valence electrons. The number of aromatic nitrogens is 5. The normalized spacial score (nSPS) is 11.5. The molecule has 3 aromatic heterocycles. The number of hydrogen-bond donors (Lipinski definition) is 0. The number of fused-ring (bicyclic) bond motifs is 6. The lowest BCUT2D eigenvalue weighted by molar-refractivity contribution is 0.954. The van der Waals surface area contributed by atoms with E-state index in [4.69, 9.17) is 15.0 Å². The summed E-state index contributed by atoms with van der Waals surface area (Å²) in [7, 11) is 0. The van der Waals surface area contributed by atoms with Gasteiger partial charge in [-0.25, -0.2) is 4.98 Å². The molecule has 0 N–H and O–H groups in total. The van der Waals surface area contributed by atoms with Gasteiger partial charge in [0.05, 0.1) is 27.8 Å². The Hall–Kier alpha value is -8.41. The van der Waals surface area contributed by atoms with E-state index < -0.39 is 0 Å². The molecule has 9 aromatic carbocycles. The monoisotopic (exact) mass is 791 g/mol. The van der Waals surface area contributed by atoms with E-state index in [9.17, 15) is 0 Å². The van der Waals surface area contributed by atoms with E-state index in [1.807, 2.05) is 24.3 Å². The third-order valence-electron chi connectivity index (χ3n) is 12.0. The molecular formula is C57H37N5. The number of rotatable bonds is 7. The van der Waals surface area contributed by atoms with Crippen LogP contribution in [0, 0.1) is 0 Å². The molecule has 12 rings (SSSR count). The van der Waals surface area contributed by atoms with Gasteiger partial charge in [0.15, 0.2) is 11.6 Å². The number of hydrogen-bond acceptors (Lipinski definition) is 3. The average Bonchev–Trinajstić information content (AvgIpc) is 3.86. The highest BCUT2D eigenvalue weighted by Crippen LogP contribution is 2.42. The van der Waals surface area contributed by atoms with Crippen LogP contribution in [0.1, 0.15) is 0 Å². The topological polar surface area (TPSA) is 48.5 Å². The van der Waals surface area contributed by atoms with Crippen LogP contribution in [0.25, 0.3) is 111 Å². The molecule has 0 amide bonds. The van der Waals surface area contributed by atoms with Crippen LogP contribution < -0.4 is 0 Å². The SMILES string of the molecule is c1ccc(-c2cccc(-c3nc(-c4ccccc4)nc(-n4c5ccccc5c5cc6c(cc54)c4ccccc4n6-c4ccc(-c5ccccc5)cc4-c4ccccc4)n3)c2)cc1. The summed E-state index contributed by atoms with van der Waals surface area (Å²) in [5.41, 5.74) is 14.2. The van der Waals surface area contributed by atoms with E-state index in [0.717, 1.165) is 71.7 Å². The van der Waals surface area contributed by atoms with Gasteiger partial charge in [0.2, 0.25) is 5.95 Å². The van der Waals surface area contributed by atoms with E-state index in [-0.39, 0.29) is 0 Å². The van der Waals surface area contributed by atoms with Crippen molar-refractivity contribution in [1.29, 1.82) is 0 Å². The van der Waals surface area contributed by atoms with E-state index >= 15 is 0 Å². The van der Waals surface area contributed by atoms with Gasteiger partial charge in [-0.15, -0.1) is 0 Å². The van der Waals surface area contributed by atoms with Crippen LogP contribution in [0.3, 0.4) is 0 Å². The van der Waals surface area contributed by atoms with E-state index in [1.165, 1.54) is 22.1 Å². The fourth-order valence-electron chi connectivity index (χ4n) is 9.07. The summed E-state index contributed by atoms with van der Waals surface area (Å²) in [6.07, 6.45) is 0. The summed E-state index contributed by atoms with van der Waals surface area (Å²) >= 11 is 0. The van der Waals surface area contributed by atoms with Gasteiger partial charge in [-0.05, 0) is 70.3 Å². The van der Waals surface area contributed by atoms with Gasteiger partial charge >= 0.3 is 0 Å². The van der Waals surface area contributed by atoms with Crippen molar-refractivity contribution >= 4 is 43.6 Å². The Morgan fingerprint density at radius 1 is 0.258 bits per heavy atom. The third-order valence-corrected chi connectivity index (χ3v) is 12.0. The van der Waals surface area contributed by atoms with Gasteiger partial charge in [-0.3, -0.25) is 4.57 Å². The molecule has 0 bridgehead atoms.